The van der Waals surface area contributed by atoms with Crippen LogP contribution in [0.2, 0.25) is 6.04 Å². The van der Waals surface area contributed by atoms with E-state index in [9.17, 15) is 5.11 Å². The Morgan fingerprint density at radius 3 is 2.12 bits per heavy atom. The SMILES string of the molecule is CCO[Si](CCCc1cc(C(C)(C)C)cc(-n2nc3ccc(C)cc3n2)c1O)(OCC)OCC. The molecular weight excluding hydrogens is 446 g/mol. The van der Waals surface area contributed by atoms with Crippen LogP contribution in [-0.2, 0) is 25.1 Å². The van der Waals surface area contributed by atoms with Crippen LogP contribution in [0, 0.1) is 6.92 Å². The largest absolute Gasteiger partial charge is 0.505 e. The minimum absolute atomic E-state index is 0.0964. The molecule has 0 atom stereocenters. The lowest BCUT2D eigenvalue weighted by Crippen LogP contribution is -2.46. The standard InChI is InChI=1S/C26H39N3O4Si/c1-8-31-34(32-9-2,33-10-3)15-11-12-20-17-21(26(5,6)7)18-24(25(20)30)29-27-22-14-13-19(4)16-23(22)28-29/h13-14,16-18,30H,8-12,15H2,1-7H3. The molecule has 1 aromatic heterocycles. The van der Waals surface area contributed by atoms with E-state index in [0.717, 1.165) is 34.1 Å². The first-order valence-corrected chi connectivity index (χ1v) is 14.2. The Morgan fingerprint density at radius 2 is 1.53 bits per heavy atom. The average molecular weight is 486 g/mol. The first kappa shape index (κ1) is 26.3. The Kier molecular flexibility index (Phi) is 8.51. The van der Waals surface area contributed by atoms with Crippen LogP contribution in [0.25, 0.3) is 16.7 Å². The quantitative estimate of drug-likeness (QED) is 0.350. The molecule has 2 aromatic carbocycles. The van der Waals surface area contributed by atoms with Crippen molar-refractivity contribution in [1.29, 1.82) is 0 Å². The zero-order chi connectivity index (χ0) is 24.9. The number of fused-ring (bicyclic) bond motifs is 1. The fraction of sp³-hybridized carbons (Fsp3) is 0.538. The second-order valence-corrected chi connectivity index (χ2v) is 12.3. The highest BCUT2D eigenvalue weighted by molar-refractivity contribution is 6.60. The van der Waals surface area contributed by atoms with E-state index in [1.54, 1.807) is 4.80 Å². The first-order chi connectivity index (χ1) is 16.1. The van der Waals surface area contributed by atoms with Crippen molar-refractivity contribution in [1.82, 2.24) is 15.0 Å². The van der Waals surface area contributed by atoms with Gasteiger partial charge in [0, 0.05) is 25.9 Å². The molecule has 0 amide bonds. The first-order valence-electron chi connectivity index (χ1n) is 12.2. The van der Waals surface area contributed by atoms with Gasteiger partial charge in [-0.3, -0.25) is 0 Å². The molecule has 7 nitrogen and oxygen atoms in total. The summed E-state index contributed by atoms with van der Waals surface area (Å²) in [6.07, 6.45) is 1.45. The topological polar surface area (TPSA) is 78.6 Å². The van der Waals surface area contributed by atoms with Crippen LogP contribution in [0.3, 0.4) is 0 Å². The Hall–Kier alpha value is -2.26. The molecule has 0 aliphatic carbocycles. The number of aryl methyl sites for hydroxylation is 2. The zero-order valence-corrected chi connectivity index (χ0v) is 22.6. The third-order valence-corrected chi connectivity index (χ3v) is 8.96. The van der Waals surface area contributed by atoms with Gasteiger partial charge >= 0.3 is 8.80 Å². The molecule has 1 heterocycles. The maximum atomic E-state index is 11.3. The summed E-state index contributed by atoms with van der Waals surface area (Å²) < 4.78 is 18.0. The number of aromatic hydroxyl groups is 1. The molecule has 0 unspecified atom stereocenters. The van der Waals surface area contributed by atoms with Crippen molar-refractivity contribution in [2.45, 2.75) is 72.8 Å². The van der Waals surface area contributed by atoms with Gasteiger partial charge < -0.3 is 18.4 Å². The number of nitrogens with zero attached hydrogens (tertiary/aromatic N) is 3. The van der Waals surface area contributed by atoms with Gasteiger partial charge in [-0.05, 0) is 80.8 Å². The summed E-state index contributed by atoms with van der Waals surface area (Å²) in [4.78, 5) is 1.55. The molecule has 0 fully saturated rings. The number of hydrogen-bond acceptors (Lipinski definition) is 6. The average Bonchev–Trinajstić information content (AvgIpc) is 3.17. The highest BCUT2D eigenvalue weighted by atomic mass is 28.4. The van der Waals surface area contributed by atoms with Gasteiger partial charge in [0.2, 0.25) is 0 Å². The molecule has 8 heteroatoms. The molecule has 3 rings (SSSR count). The van der Waals surface area contributed by atoms with E-state index in [4.69, 9.17) is 13.3 Å². The summed E-state index contributed by atoms with van der Waals surface area (Å²) in [6.45, 7) is 16.1. The van der Waals surface area contributed by atoms with Crippen LogP contribution in [0.4, 0.5) is 0 Å². The number of phenols is 1. The molecule has 0 aliphatic heterocycles. The third-order valence-electron chi connectivity index (χ3n) is 5.81. The second kappa shape index (κ2) is 11.0. The van der Waals surface area contributed by atoms with E-state index >= 15 is 0 Å². The molecule has 0 bridgehead atoms. The van der Waals surface area contributed by atoms with Crippen molar-refractivity contribution in [2.75, 3.05) is 19.8 Å². The van der Waals surface area contributed by atoms with E-state index in [-0.39, 0.29) is 11.2 Å². The van der Waals surface area contributed by atoms with E-state index < -0.39 is 8.80 Å². The normalized spacial score (nSPS) is 12.6. The summed E-state index contributed by atoms with van der Waals surface area (Å²) in [6, 6.07) is 10.8. The maximum absolute atomic E-state index is 11.3. The van der Waals surface area contributed by atoms with E-state index in [2.05, 4.69) is 37.0 Å². The van der Waals surface area contributed by atoms with Gasteiger partial charge in [0.1, 0.15) is 22.5 Å². The third kappa shape index (κ3) is 6.04. The Morgan fingerprint density at radius 1 is 0.912 bits per heavy atom. The van der Waals surface area contributed by atoms with Gasteiger partial charge in [0.15, 0.2) is 0 Å². The van der Waals surface area contributed by atoms with Crippen LogP contribution in [0.5, 0.6) is 5.75 Å². The summed E-state index contributed by atoms with van der Waals surface area (Å²) >= 11 is 0. The van der Waals surface area contributed by atoms with Crippen LogP contribution < -0.4 is 0 Å². The lowest BCUT2D eigenvalue weighted by Gasteiger charge is -2.28. The monoisotopic (exact) mass is 485 g/mol. The zero-order valence-electron chi connectivity index (χ0n) is 21.6. The minimum Gasteiger partial charge on any atom is -0.505 e. The van der Waals surface area contributed by atoms with Gasteiger partial charge in [0.25, 0.3) is 0 Å². The highest BCUT2D eigenvalue weighted by Gasteiger charge is 2.39. The molecule has 186 valence electrons. The van der Waals surface area contributed by atoms with Crippen LogP contribution in [0.15, 0.2) is 30.3 Å². The fourth-order valence-electron chi connectivity index (χ4n) is 4.08. The van der Waals surface area contributed by atoms with Crippen molar-refractivity contribution in [3.05, 3.63) is 47.0 Å². The Balaban J connectivity index is 1.95. The molecular formula is C26H39N3O4Si. The second-order valence-electron chi connectivity index (χ2n) is 9.57. The smallest absolute Gasteiger partial charge is 0.500 e. The number of rotatable bonds is 11. The molecule has 34 heavy (non-hydrogen) atoms. The van der Waals surface area contributed by atoms with Crippen LogP contribution in [0.1, 0.15) is 64.7 Å². The van der Waals surface area contributed by atoms with Crippen molar-refractivity contribution in [3.8, 4) is 11.4 Å². The van der Waals surface area contributed by atoms with E-state index in [1.165, 1.54) is 0 Å². The maximum Gasteiger partial charge on any atom is 0.500 e. The lowest BCUT2D eigenvalue weighted by molar-refractivity contribution is 0.0708. The van der Waals surface area contributed by atoms with Gasteiger partial charge in [0.05, 0.1) is 0 Å². The molecule has 0 saturated carbocycles. The number of phenolic OH excluding ortho intramolecular Hbond substituents is 1. The highest BCUT2D eigenvalue weighted by Crippen LogP contribution is 2.34. The summed E-state index contributed by atoms with van der Waals surface area (Å²) in [5, 5.41) is 20.6. The number of hydrogen-bond donors (Lipinski definition) is 1. The minimum atomic E-state index is -2.73. The summed E-state index contributed by atoms with van der Waals surface area (Å²) in [5.41, 5.74) is 5.22. The molecule has 0 aliphatic rings. The van der Waals surface area contributed by atoms with Gasteiger partial charge in [-0.2, -0.15) is 0 Å². The Labute approximate surface area is 204 Å². The Bertz CT molecular complexity index is 1090. The van der Waals surface area contributed by atoms with Crippen molar-refractivity contribution in [2.24, 2.45) is 0 Å². The molecule has 1 N–H and O–H groups in total. The summed E-state index contributed by atoms with van der Waals surface area (Å²) in [7, 11) is -2.73. The number of benzene rings is 2. The van der Waals surface area contributed by atoms with Crippen molar-refractivity contribution in [3.63, 3.8) is 0 Å². The predicted molar refractivity (Wildman–Crippen MR) is 138 cm³/mol. The van der Waals surface area contributed by atoms with Gasteiger partial charge in [-0.15, -0.1) is 15.0 Å². The predicted octanol–water partition coefficient (Wildman–Crippen LogP) is 5.71. The van der Waals surface area contributed by atoms with Gasteiger partial charge in [-0.25, -0.2) is 0 Å². The van der Waals surface area contributed by atoms with E-state index in [1.807, 2.05) is 52.0 Å². The van der Waals surface area contributed by atoms with Crippen molar-refractivity contribution < 1.29 is 18.4 Å². The lowest BCUT2D eigenvalue weighted by atomic mass is 9.85. The van der Waals surface area contributed by atoms with Crippen molar-refractivity contribution >= 4 is 19.8 Å². The van der Waals surface area contributed by atoms with Gasteiger partial charge in [-0.1, -0.05) is 32.9 Å². The molecule has 0 radical (unpaired) electrons. The molecule has 0 saturated heterocycles. The fourth-order valence-corrected chi connectivity index (χ4v) is 6.70. The number of aromatic nitrogens is 3. The van der Waals surface area contributed by atoms with Crippen LogP contribution >= 0.6 is 0 Å². The summed E-state index contributed by atoms with van der Waals surface area (Å²) in [5.74, 6) is 0.210. The molecule has 3 aromatic rings. The van der Waals surface area contributed by atoms with Crippen LogP contribution in [-0.4, -0.2) is 48.7 Å². The molecule has 0 spiro atoms. The van der Waals surface area contributed by atoms with E-state index in [0.29, 0.717) is 38.0 Å².